The number of carbonyl (C=O) groups excluding carboxylic acids is 1. The van der Waals surface area contributed by atoms with E-state index in [9.17, 15) is 14.9 Å². The molecule has 0 bridgehead atoms. The van der Waals surface area contributed by atoms with Gasteiger partial charge in [-0.3, -0.25) is 20.2 Å². The molecule has 1 amide bonds. The lowest BCUT2D eigenvalue weighted by Crippen LogP contribution is -2.13. The zero-order chi connectivity index (χ0) is 15.4. The number of ether oxygens (including phenoxy) is 1. The summed E-state index contributed by atoms with van der Waals surface area (Å²) in [6.45, 7) is 2.33. The Balaban J connectivity index is 2.22. The van der Waals surface area contributed by atoms with Gasteiger partial charge in [0, 0.05) is 11.6 Å². The van der Waals surface area contributed by atoms with Gasteiger partial charge in [-0.25, -0.2) is 0 Å². The number of carbonyl (C=O) groups is 1. The van der Waals surface area contributed by atoms with Gasteiger partial charge in [-0.2, -0.15) is 4.80 Å². The van der Waals surface area contributed by atoms with Gasteiger partial charge in [0.15, 0.2) is 5.75 Å². The summed E-state index contributed by atoms with van der Waals surface area (Å²) >= 11 is 0. The SMILES string of the molecule is CCn1nnc(NC(=O)c2ccc(OC)c([N+](=O)[O-])c2)n1. The number of aromatic nitrogens is 4. The third kappa shape index (κ3) is 3.11. The number of tetrazole rings is 1. The van der Waals surface area contributed by atoms with E-state index in [1.165, 1.54) is 24.0 Å². The minimum Gasteiger partial charge on any atom is -0.490 e. The van der Waals surface area contributed by atoms with Gasteiger partial charge >= 0.3 is 5.69 Å². The second-order valence-electron chi connectivity index (χ2n) is 3.90. The number of hydrogen-bond acceptors (Lipinski definition) is 7. The van der Waals surface area contributed by atoms with Crippen LogP contribution in [0.4, 0.5) is 11.6 Å². The second kappa shape index (κ2) is 5.94. The summed E-state index contributed by atoms with van der Waals surface area (Å²) in [5.74, 6) is -0.469. The van der Waals surface area contributed by atoms with Crippen molar-refractivity contribution in [3.8, 4) is 5.75 Å². The number of amides is 1. The molecule has 0 aliphatic rings. The van der Waals surface area contributed by atoms with E-state index in [1.807, 2.05) is 6.92 Å². The molecule has 0 aliphatic carbocycles. The average Bonchev–Trinajstić information content (AvgIpc) is 2.94. The number of nitro benzene ring substituents is 1. The van der Waals surface area contributed by atoms with Gasteiger partial charge in [-0.05, 0) is 24.3 Å². The van der Waals surface area contributed by atoms with Gasteiger partial charge in [0.1, 0.15) is 0 Å². The standard InChI is InChI=1S/C11H12N6O4/c1-3-16-14-11(13-15-16)12-10(18)7-4-5-9(21-2)8(6-7)17(19)20/h4-6H,3H2,1-2H3,(H,12,14,18). The number of methoxy groups -OCH3 is 1. The zero-order valence-corrected chi connectivity index (χ0v) is 11.3. The fraction of sp³-hybridized carbons (Fsp3) is 0.273. The molecule has 0 aliphatic heterocycles. The maximum Gasteiger partial charge on any atom is 0.311 e. The first-order valence-electron chi connectivity index (χ1n) is 5.96. The average molecular weight is 292 g/mol. The van der Waals surface area contributed by atoms with E-state index < -0.39 is 10.8 Å². The number of nitrogens with one attached hydrogen (secondary N) is 1. The summed E-state index contributed by atoms with van der Waals surface area (Å²) in [7, 11) is 1.31. The van der Waals surface area contributed by atoms with Crippen LogP contribution >= 0.6 is 0 Å². The summed E-state index contributed by atoms with van der Waals surface area (Å²) in [5.41, 5.74) is -0.203. The summed E-state index contributed by atoms with van der Waals surface area (Å²) in [5, 5.41) is 24.5. The van der Waals surface area contributed by atoms with Crippen LogP contribution in [0.5, 0.6) is 5.75 Å². The summed E-state index contributed by atoms with van der Waals surface area (Å²) < 4.78 is 4.87. The highest BCUT2D eigenvalue weighted by molar-refractivity contribution is 6.03. The first-order valence-corrected chi connectivity index (χ1v) is 5.96. The molecule has 0 unspecified atom stereocenters. The molecule has 0 atom stereocenters. The smallest absolute Gasteiger partial charge is 0.311 e. The highest BCUT2D eigenvalue weighted by Crippen LogP contribution is 2.27. The number of aryl methyl sites for hydroxylation is 1. The number of anilines is 1. The summed E-state index contributed by atoms with van der Waals surface area (Å²) in [6.07, 6.45) is 0. The monoisotopic (exact) mass is 292 g/mol. The summed E-state index contributed by atoms with van der Waals surface area (Å²) in [4.78, 5) is 23.6. The molecule has 0 spiro atoms. The van der Waals surface area contributed by atoms with Gasteiger partial charge in [-0.1, -0.05) is 5.10 Å². The van der Waals surface area contributed by atoms with Crippen LogP contribution < -0.4 is 10.1 Å². The molecule has 1 heterocycles. The minimum atomic E-state index is -0.624. The van der Waals surface area contributed by atoms with E-state index >= 15 is 0 Å². The van der Waals surface area contributed by atoms with E-state index in [2.05, 4.69) is 20.7 Å². The molecule has 0 radical (unpaired) electrons. The maximum absolute atomic E-state index is 12.0. The highest BCUT2D eigenvalue weighted by atomic mass is 16.6. The van der Waals surface area contributed by atoms with Crippen molar-refractivity contribution in [2.45, 2.75) is 13.5 Å². The number of nitrogens with zero attached hydrogens (tertiary/aromatic N) is 5. The van der Waals surface area contributed by atoms with Crippen molar-refractivity contribution < 1.29 is 14.5 Å². The number of nitro groups is 1. The minimum absolute atomic E-state index is 0.0281. The lowest BCUT2D eigenvalue weighted by Gasteiger charge is -2.04. The topological polar surface area (TPSA) is 125 Å². The van der Waals surface area contributed by atoms with E-state index in [4.69, 9.17) is 4.74 Å². The number of rotatable bonds is 5. The predicted molar refractivity (Wildman–Crippen MR) is 71.1 cm³/mol. The molecule has 0 fully saturated rings. The van der Waals surface area contributed by atoms with Gasteiger partial charge < -0.3 is 4.74 Å². The molecule has 0 saturated heterocycles. The number of benzene rings is 1. The molecule has 1 N–H and O–H groups in total. The van der Waals surface area contributed by atoms with Crippen molar-refractivity contribution in [1.29, 1.82) is 0 Å². The predicted octanol–water partition coefficient (Wildman–Crippen LogP) is 0.862. The zero-order valence-electron chi connectivity index (χ0n) is 11.3. The molecular weight excluding hydrogens is 280 g/mol. The van der Waals surface area contributed by atoms with E-state index in [-0.39, 0.29) is 22.9 Å². The van der Waals surface area contributed by atoms with Crippen LogP contribution in [-0.4, -0.2) is 38.1 Å². The molecular formula is C11H12N6O4. The Morgan fingerprint density at radius 2 is 2.29 bits per heavy atom. The third-order valence-corrected chi connectivity index (χ3v) is 2.60. The van der Waals surface area contributed by atoms with Crippen LogP contribution in [0.25, 0.3) is 0 Å². The lowest BCUT2D eigenvalue weighted by atomic mass is 10.2. The first kappa shape index (κ1) is 14.4. The molecule has 0 saturated carbocycles. The highest BCUT2D eigenvalue weighted by Gasteiger charge is 2.19. The maximum atomic E-state index is 12.0. The van der Waals surface area contributed by atoms with Crippen LogP contribution in [0, 0.1) is 10.1 Å². The summed E-state index contributed by atoms with van der Waals surface area (Å²) in [6, 6.07) is 3.88. The Morgan fingerprint density at radius 3 is 2.86 bits per heavy atom. The second-order valence-corrected chi connectivity index (χ2v) is 3.90. The van der Waals surface area contributed by atoms with Crippen molar-refractivity contribution in [2.75, 3.05) is 12.4 Å². The normalized spacial score (nSPS) is 10.2. The molecule has 10 heteroatoms. The van der Waals surface area contributed by atoms with Crippen LogP contribution in [0.2, 0.25) is 0 Å². The Bertz CT molecular complexity index is 683. The molecule has 2 aromatic rings. The first-order chi connectivity index (χ1) is 10.0. The van der Waals surface area contributed by atoms with E-state index in [0.29, 0.717) is 6.54 Å². The van der Waals surface area contributed by atoms with E-state index in [0.717, 1.165) is 6.07 Å². The largest absolute Gasteiger partial charge is 0.490 e. The molecule has 10 nitrogen and oxygen atoms in total. The van der Waals surface area contributed by atoms with Gasteiger partial charge in [0.25, 0.3) is 11.9 Å². The van der Waals surface area contributed by atoms with Crippen molar-refractivity contribution in [3.05, 3.63) is 33.9 Å². The van der Waals surface area contributed by atoms with Gasteiger partial charge in [0.2, 0.25) is 0 Å². The molecule has 2 rings (SSSR count). The van der Waals surface area contributed by atoms with Crippen LogP contribution in [0.15, 0.2) is 18.2 Å². The number of hydrogen-bond donors (Lipinski definition) is 1. The van der Waals surface area contributed by atoms with Crippen LogP contribution in [-0.2, 0) is 6.54 Å². The Hall–Kier alpha value is -3.04. The fourth-order valence-electron chi connectivity index (χ4n) is 1.57. The molecule has 21 heavy (non-hydrogen) atoms. The quantitative estimate of drug-likeness (QED) is 0.639. The third-order valence-electron chi connectivity index (χ3n) is 2.60. The van der Waals surface area contributed by atoms with Crippen molar-refractivity contribution in [2.24, 2.45) is 0 Å². The Morgan fingerprint density at radius 1 is 1.52 bits per heavy atom. The Labute approximate surface area is 118 Å². The van der Waals surface area contributed by atoms with Crippen molar-refractivity contribution in [3.63, 3.8) is 0 Å². The molecule has 1 aromatic heterocycles. The lowest BCUT2D eigenvalue weighted by molar-refractivity contribution is -0.385. The van der Waals surface area contributed by atoms with Gasteiger partial charge in [-0.15, -0.1) is 5.10 Å². The molecule has 1 aromatic carbocycles. The Kier molecular flexibility index (Phi) is 4.07. The van der Waals surface area contributed by atoms with Crippen LogP contribution in [0.3, 0.4) is 0 Å². The fourth-order valence-corrected chi connectivity index (χ4v) is 1.57. The van der Waals surface area contributed by atoms with Crippen molar-refractivity contribution in [1.82, 2.24) is 20.2 Å². The van der Waals surface area contributed by atoms with Gasteiger partial charge in [0.05, 0.1) is 18.6 Å². The van der Waals surface area contributed by atoms with Crippen LogP contribution in [0.1, 0.15) is 17.3 Å². The van der Waals surface area contributed by atoms with Crippen molar-refractivity contribution >= 4 is 17.5 Å². The van der Waals surface area contributed by atoms with E-state index in [1.54, 1.807) is 0 Å². The molecule has 110 valence electrons.